The highest BCUT2D eigenvalue weighted by atomic mass is 16.3. The molecule has 0 aromatic rings. The van der Waals surface area contributed by atoms with Gasteiger partial charge in [-0.15, -0.1) is 0 Å². The van der Waals surface area contributed by atoms with Gasteiger partial charge in [-0.2, -0.15) is 0 Å². The standard InChI is InChI=1S/C11H25N3O/c1-3-11-8-13(2)5-4-6-14(11)7-10(12)9-15/h10-11,15H,3-9,12H2,1-2H3. The fourth-order valence-electron chi connectivity index (χ4n) is 2.28. The van der Waals surface area contributed by atoms with E-state index in [1.807, 2.05) is 0 Å². The van der Waals surface area contributed by atoms with Gasteiger partial charge in [0.05, 0.1) is 6.61 Å². The van der Waals surface area contributed by atoms with E-state index in [1.165, 1.54) is 13.0 Å². The molecular formula is C11H25N3O. The molecule has 0 radical (unpaired) electrons. The quantitative estimate of drug-likeness (QED) is 0.677. The van der Waals surface area contributed by atoms with Crippen molar-refractivity contribution in [3.05, 3.63) is 0 Å². The third-order valence-corrected chi connectivity index (χ3v) is 3.20. The van der Waals surface area contributed by atoms with E-state index < -0.39 is 0 Å². The zero-order valence-electron chi connectivity index (χ0n) is 10.0. The van der Waals surface area contributed by atoms with E-state index in [-0.39, 0.29) is 12.6 Å². The van der Waals surface area contributed by atoms with E-state index in [9.17, 15) is 0 Å². The van der Waals surface area contributed by atoms with Gasteiger partial charge in [0.1, 0.15) is 0 Å². The molecule has 0 saturated carbocycles. The predicted molar refractivity (Wildman–Crippen MR) is 62.8 cm³/mol. The summed E-state index contributed by atoms with van der Waals surface area (Å²) >= 11 is 0. The summed E-state index contributed by atoms with van der Waals surface area (Å²) in [6.45, 7) is 6.53. The normalized spacial score (nSPS) is 27.6. The molecule has 90 valence electrons. The first-order valence-corrected chi connectivity index (χ1v) is 5.96. The van der Waals surface area contributed by atoms with Crippen LogP contribution < -0.4 is 5.73 Å². The van der Waals surface area contributed by atoms with Gasteiger partial charge in [0.15, 0.2) is 0 Å². The molecule has 0 amide bonds. The SMILES string of the molecule is CCC1CN(C)CCCN1CC(N)CO. The summed E-state index contributed by atoms with van der Waals surface area (Å²) in [5.41, 5.74) is 5.80. The van der Waals surface area contributed by atoms with E-state index >= 15 is 0 Å². The molecular weight excluding hydrogens is 190 g/mol. The van der Waals surface area contributed by atoms with Crippen LogP contribution in [-0.2, 0) is 0 Å². The number of aliphatic hydroxyl groups excluding tert-OH is 1. The van der Waals surface area contributed by atoms with Gasteiger partial charge in [-0.1, -0.05) is 6.92 Å². The van der Waals surface area contributed by atoms with Crippen molar-refractivity contribution >= 4 is 0 Å². The highest BCUT2D eigenvalue weighted by Gasteiger charge is 2.22. The summed E-state index contributed by atoms with van der Waals surface area (Å²) in [7, 11) is 2.18. The Kier molecular flexibility index (Phi) is 5.53. The number of rotatable bonds is 4. The van der Waals surface area contributed by atoms with Crippen LogP contribution in [0.25, 0.3) is 0 Å². The first-order chi connectivity index (χ1) is 7.17. The fourth-order valence-corrected chi connectivity index (χ4v) is 2.28. The summed E-state index contributed by atoms with van der Waals surface area (Å²) in [6.07, 6.45) is 2.35. The first-order valence-electron chi connectivity index (χ1n) is 5.96. The van der Waals surface area contributed by atoms with Crippen molar-refractivity contribution in [3.8, 4) is 0 Å². The van der Waals surface area contributed by atoms with Gasteiger partial charge in [-0.05, 0) is 33.0 Å². The zero-order valence-corrected chi connectivity index (χ0v) is 10.0. The third kappa shape index (κ3) is 4.07. The van der Waals surface area contributed by atoms with Crippen LogP contribution in [-0.4, -0.2) is 66.8 Å². The molecule has 2 unspecified atom stereocenters. The van der Waals surface area contributed by atoms with Crippen LogP contribution in [0.4, 0.5) is 0 Å². The molecule has 4 nitrogen and oxygen atoms in total. The van der Waals surface area contributed by atoms with E-state index in [2.05, 4.69) is 23.8 Å². The summed E-state index contributed by atoms with van der Waals surface area (Å²) < 4.78 is 0. The molecule has 0 aliphatic carbocycles. The summed E-state index contributed by atoms with van der Waals surface area (Å²) in [5.74, 6) is 0. The van der Waals surface area contributed by atoms with Crippen molar-refractivity contribution in [2.75, 3.05) is 39.8 Å². The average Bonchev–Trinajstić information content (AvgIpc) is 2.40. The monoisotopic (exact) mass is 215 g/mol. The molecule has 2 atom stereocenters. The molecule has 0 spiro atoms. The van der Waals surface area contributed by atoms with Crippen molar-refractivity contribution < 1.29 is 5.11 Å². The largest absolute Gasteiger partial charge is 0.395 e. The molecule has 0 aromatic heterocycles. The van der Waals surface area contributed by atoms with E-state index in [0.29, 0.717) is 6.04 Å². The maximum absolute atomic E-state index is 8.98. The third-order valence-electron chi connectivity index (χ3n) is 3.20. The number of aliphatic hydroxyl groups is 1. The zero-order chi connectivity index (χ0) is 11.3. The lowest BCUT2D eigenvalue weighted by atomic mass is 10.1. The van der Waals surface area contributed by atoms with Crippen LogP contribution in [0, 0.1) is 0 Å². The molecule has 15 heavy (non-hydrogen) atoms. The van der Waals surface area contributed by atoms with Crippen molar-refractivity contribution in [2.24, 2.45) is 5.73 Å². The Morgan fingerprint density at radius 3 is 2.80 bits per heavy atom. The molecule has 0 bridgehead atoms. The minimum Gasteiger partial charge on any atom is -0.395 e. The summed E-state index contributed by atoms with van der Waals surface area (Å²) in [6, 6.07) is 0.498. The lowest BCUT2D eigenvalue weighted by Gasteiger charge is -2.31. The van der Waals surface area contributed by atoms with Crippen LogP contribution in [0.15, 0.2) is 0 Å². The van der Waals surface area contributed by atoms with Crippen LogP contribution >= 0.6 is 0 Å². The minimum absolute atomic E-state index is 0.0861. The maximum Gasteiger partial charge on any atom is 0.0595 e. The Hall–Kier alpha value is -0.160. The lowest BCUT2D eigenvalue weighted by molar-refractivity contribution is 0.152. The van der Waals surface area contributed by atoms with Crippen molar-refractivity contribution in [1.82, 2.24) is 9.80 Å². The van der Waals surface area contributed by atoms with Crippen LogP contribution in [0.5, 0.6) is 0 Å². The molecule has 1 aliphatic heterocycles. The van der Waals surface area contributed by atoms with Gasteiger partial charge in [-0.3, -0.25) is 4.90 Å². The smallest absolute Gasteiger partial charge is 0.0595 e. The van der Waals surface area contributed by atoms with Gasteiger partial charge in [0.25, 0.3) is 0 Å². The number of hydrogen-bond acceptors (Lipinski definition) is 4. The molecule has 0 aromatic carbocycles. The topological polar surface area (TPSA) is 52.7 Å². The number of hydrogen-bond donors (Lipinski definition) is 2. The average molecular weight is 215 g/mol. The number of likely N-dealkylation sites (N-methyl/N-ethyl adjacent to an activating group) is 1. The minimum atomic E-state index is -0.0949. The Morgan fingerprint density at radius 1 is 1.47 bits per heavy atom. The Balaban J connectivity index is 2.51. The molecule has 1 aliphatic rings. The second kappa shape index (κ2) is 6.43. The molecule has 1 saturated heterocycles. The van der Waals surface area contributed by atoms with Crippen molar-refractivity contribution in [1.29, 1.82) is 0 Å². The lowest BCUT2D eigenvalue weighted by Crippen LogP contribution is -2.46. The van der Waals surface area contributed by atoms with Gasteiger partial charge in [0.2, 0.25) is 0 Å². The first kappa shape index (κ1) is 12.9. The molecule has 3 N–H and O–H groups in total. The van der Waals surface area contributed by atoms with Gasteiger partial charge >= 0.3 is 0 Å². The molecule has 1 rings (SSSR count). The van der Waals surface area contributed by atoms with Gasteiger partial charge in [0, 0.05) is 25.2 Å². The molecule has 1 heterocycles. The Bertz CT molecular complexity index is 177. The summed E-state index contributed by atoms with van der Waals surface area (Å²) in [5, 5.41) is 8.98. The van der Waals surface area contributed by atoms with Crippen LogP contribution in [0.3, 0.4) is 0 Å². The number of nitrogens with two attached hydrogens (primary N) is 1. The Labute approximate surface area is 93.0 Å². The van der Waals surface area contributed by atoms with E-state index in [1.54, 1.807) is 0 Å². The highest BCUT2D eigenvalue weighted by Crippen LogP contribution is 2.11. The predicted octanol–water partition coefficient (Wildman–Crippen LogP) is -0.278. The van der Waals surface area contributed by atoms with Gasteiger partial charge in [-0.25, -0.2) is 0 Å². The van der Waals surface area contributed by atoms with Crippen molar-refractivity contribution in [2.45, 2.75) is 31.8 Å². The molecule has 1 fully saturated rings. The van der Waals surface area contributed by atoms with Crippen LogP contribution in [0.2, 0.25) is 0 Å². The van der Waals surface area contributed by atoms with E-state index in [4.69, 9.17) is 10.8 Å². The maximum atomic E-state index is 8.98. The summed E-state index contributed by atoms with van der Waals surface area (Å²) in [4.78, 5) is 4.82. The van der Waals surface area contributed by atoms with Crippen molar-refractivity contribution in [3.63, 3.8) is 0 Å². The fraction of sp³-hybridized carbons (Fsp3) is 1.00. The Morgan fingerprint density at radius 2 is 2.20 bits per heavy atom. The van der Waals surface area contributed by atoms with Crippen LogP contribution in [0.1, 0.15) is 19.8 Å². The number of nitrogens with zero attached hydrogens (tertiary/aromatic N) is 2. The highest BCUT2D eigenvalue weighted by molar-refractivity contribution is 4.80. The van der Waals surface area contributed by atoms with Gasteiger partial charge < -0.3 is 15.7 Å². The van der Waals surface area contributed by atoms with E-state index in [0.717, 1.165) is 26.1 Å². The second-order valence-corrected chi connectivity index (χ2v) is 4.62. The molecule has 4 heteroatoms. The second-order valence-electron chi connectivity index (χ2n) is 4.62.